The number of fused-ring (bicyclic) bond motifs is 1. The number of hydrogen-bond donors (Lipinski definition) is 0. The van der Waals surface area contributed by atoms with Crippen LogP contribution in [0.3, 0.4) is 0 Å². The van der Waals surface area contributed by atoms with Crippen molar-refractivity contribution in [3.63, 3.8) is 0 Å². The highest BCUT2D eigenvalue weighted by Crippen LogP contribution is 2.48. The van der Waals surface area contributed by atoms with Crippen molar-refractivity contribution in [1.82, 2.24) is 9.78 Å². The first-order chi connectivity index (χ1) is 18.4. The summed E-state index contributed by atoms with van der Waals surface area (Å²) in [5.74, 6) is -1.65. The lowest BCUT2D eigenvalue weighted by atomic mass is 9.90. The Bertz CT molecular complexity index is 1530. The molecule has 0 saturated carbocycles. The number of rotatable bonds is 5. The summed E-state index contributed by atoms with van der Waals surface area (Å²) in [6, 6.07) is 24.6. The van der Waals surface area contributed by atoms with Crippen molar-refractivity contribution in [3.8, 4) is 5.75 Å². The fourth-order valence-corrected chi connectivity index (χ4v) is 5.07. The lowest BCUT2D eigenvalue weighted by molar-refractivity contribution is -0.126. The first kappa shape index (κ1) is 23.6. The molecule has 3 atom stereocenters. The van der Waals surface area contributed by atoms with Crippen LogP contribution in [0.15, 0.2) is 91.1 Å². The molecule has 0 unspecified atom stereocenters. The molecule has 9 heteroatoms. The molecule has 0 bridgehead atoms. The van der Waals surface area contributed by atoms with Gasteiger partial charge in [0.2, 0.25) is 5.91 Å². The Hall–Kier alpha value is -4.76. The van der Waals surface area contributed by atoms with Crippen LogP contribution >= 0.6 is 0 Å². The summed E-state index contributed by atoms with van der Waals surface area (Å²) in [6.45, 7) is 1.87. The molecule has 9 nitrogen and oxygen atoms in total. The normalized spacial score (nSPS) is 20.6. The minimum Gasteiger partial charge on any atom is -0.422 e. The molecule has 6 rings (SSSR count). The van der Waals surface area contributed by atoms with Gasteiger partial charge in [-0.3, -0.25) is 19.1 Å². The number of esters is 1. The highest BCUT2D eigenvalue weighted by Gasteiger charge is 2.60. The summed E-state index contributed by atoms with van der Waals surface area (Å²) >= 11 is 0. The molecular weight excluding hydrogens is 484 g/mol. The van der Waals surface area contributed by atoms with Gasteiger partial charge in [-0.1, -0.05) is 48.5 Å². The van der Waals surface area contributed by atoms with Crippen LogP contribution in [0.5, 0.6) is 5.75 Å². The third-order valence-corrected chi connectivity index (χ3v) is 6.94. The molecule has 190 valence electrons. The van der Waals surface area contributed by atoms with Gasteiger partial charge in [-0.2, -0.15) is 5.10 Å². The molecule has 4 aromatic rings. The van der Waals surface area contributed by atoms with E-state index in [0.717, 1.165) is 16.8 Å². The summed E-state index contributed by atoms with van der Waals surface area (Å²) in [6.07, 6.45) is 0.559. The quantitative estimate of drug-likeness (QED) is 0.229. The number of benzene rings is 3. The van der Waals surface area contributed by atoms with Gasteiger partial charge in [-0.05, 0) is 54.4 Å². The van der Waals surface area contributed by atoms with E-state index in [9.17, 15) is 14.4 Å². The van der Waals surface area contributed by atoms with Crippen LogP contribution in [-0.4, -0.2) is 33.7 Å². The van der Waals surface area contributed by atoms with Crippen LogP contribution in [0.2, 0.25) is 0 Å². The Morgan fingerprint density at radius 1 is 0.895 bits per heavy atom. The Labute approximate surface area is 218 Å². The van der Waals surface area contributed by atoms with E-state index in [-0.39, 0.29) is 11.8 Å². The monoisotopic (exact) mass is 508 g/mol. The molecule has 3 heterocycles. The molecule has 1 aromatic heterocycles. The number of carbonyl (C=O) groups excluding carboxylic acids is 3. The second-order valence-electron chi connectivity index (χ2n) is 9.25. The van der Waals surface area contributed by atoms with Crippen molar-refractivity contribution in [2.45, 2.75) is 19.1 Å². The van der Waals surface area contributed by atoms with E-state index in [2.05, 4.69) is 5.10 Å². The van der Waals surface area contributed by atoms with E-state index in [0.29, 0.717) is 17.1 Å². The van der Waals surface area contributed by atoms with Crippen molar-refractivity contribution in [2.24, 2.45) is 13.0 Å². The van der Waals surface area contributed by atoms with Gasteiger partial charge in [0.25, 0.3) is 5.91 Å². The van der Waals surface area contributed by atoms with Gasteiger partial charge >= 0.3 is 5.97 Å². The first-order valence-corrected chi connectivity index (χ1v) is 12.2. The third-order valence-electron chi connectivity index (χ3n) is 6.94. The summed E-state index contributed by atoms with van der Waals surface area (Å²) in [5.41, 5.74) is 3.17. The second-order valence-corrected chi connectivity index (χ2v) is 9.25. The number of carbonyl (C=O) groups is 3. The molecule has 2 saturated heterocycles. The van der Waals surface area contributed by atoms with Gasteiger partial charge in [0, 0.05) is 13.2 Å². The SMILES string of the molecule is Cc1ccccc1N1C(=O)[C@H]2[C@H](ON(c3ccccc3)[C@@H]2c2ccc(OC(=O)c3ccnn3C)cc2)C1=O. The van der Waals surface area contributed by atoms with Gasteiger partial charge in [0.15, 0.2) is 6.10 Å². The number of para-hydroxylation sites is 2. The number of imide groups is 1. The third kappa shape index (κ3) is 3.84. The van der Waals surface area contributed by atoms with Crippen molar-refractivity contribution >= 4 is 29.2 Å². The molecular formula is C29H24N4O5. The zero-order valence-corrected chi connectivity index (χ0v) is 20.7. The van der Waals surface area contributed by atoms with Gasteiger partial charge in [0.1, 0.15) is 17.4 Å². The molecule has 0 radical (unpaired) electrons. The minimum atomic E-state index is -0.963. The van der Waals surface area contributed by atoms with Crippen LogP contribution in [0, 0.1) is 12.8 Å². The fraction of sp³-hybridized carbons (Fsp3) is 0.172. The molecule has 0 N–H and O–H groups in total. The Morgan fingerprint density at radius 3 is 2.29 bits per heavy atom. The number of aromatic nitrogens is 2. The standard InChI is InChI=1S/C29H24N4O5/c1-18-8-6-7-11-22(18)32-27(34)24-25(33(38-26(24)28(32)35)20-9-4-3-5-10-20)19-12-14-21(15-13-19)37-29(36)23-16-17-30-31(23)2/h3-17,24-26H,1-2H3/t24-,25-,26+/m1/s1. The molecule has 2 aliphatic heterocycles. The average Bonchev–Trinajstić information content (AvgIpc) is 3.60. The summed E-state index contributed by atoms with van der Waals surface area (Å²) in [7, 11) is 1.66. The van der Waals surface area contributed by atoms with E-state index < -0.39 is 24.0 Å². The van der Waals surface area contributed by atoms with E-state index in [1.165, 1.54) is 15.8 Å². The molecule has 3 aromatic carbocycles. The summed E-state index contributed by atoms with van der Waals surface area (Å²) < 4.78 is 6.95. The van der Waals surface area contributed by atoms with Crippen LogP contribution in [-0.2, 0) is 21.5 Å². The Morgan fingerprint density at radius 2 is 1.61 bits per heavy atom. The van der Waals surface area contributed by atoms with Crippen molar-refractivity contribution in [3.05, 3.63) is 108 Å². The number of anilines is 2. The van der Waals surface area contributed by atoms with Crippen molar-refractivity contribution in [1.29, 1.82) is 0 Å². The fourth-order valence-electron chi connectivity index (χ4n) is 5.07. The summed E-state index contributed by atoms with van der Waals surface area (Å²) in [5, 5.41) is 5.63. The van der Waals surface area contributed by atoms with Gasteiger partial charge in [-0.25, -0.2) is 14.8 Å². The maximum Gasteiger partial charge on any atom is 0.361 e. The molecule has 2 amide bonds. The highest BCUT2D eigenvalue weighted by atomic mass is 16.7. The van der Waals surface area contributed by atoms with Gasteiger partial charge in [0.05, 0.1) is 17.4 Å². The van der Waals surface area contributed by atoms with E-state index in [1.54, 1.807) is 54.6 Å². The molecule has 38 heavy (non-hydrogen) atoms. The highest BCUT2D eigenvalue weighted by molar-refractivity contribution is 6.24. The number of hydrogen-bond acceptors (Lipinski definition) is 7. The van der Waals surface area contributed by atoms with E-state index in [1.807, 2.05) is 49.4 Å². The topological polar surface area (TPSA) is 94.0 Å². The predicted molar refractivity (Wildman–Crippen MR) is 138 cm³/mol. The van der Waals surface area contributed by atoms with Crippen molar-refractivity contribution < 1.29 is 24.0 Å². The predicted octanol–water partition coefficient (Wildman–Crippen LogP) is 4.00. The van der Waals surface area contributed by atoms with Crippen LogP contribution in [0.1, 0.15) is 27.7 Å². The number of aryl methyl sites for hydroxylation is 2. The maximum atomic E-state index is 13.8. The second kappa shape index (κ2) is 9.28. The molecule has 0 spiro atoms. The van der Waals surface area contributed by atoms with E-state index in [4.69, 9.17) is 9.57 Å². The first-order valence-electron chi connectivity index (χ1n) is 12.2. The van der Waals surface area contributed by atoms with E-state index >= 15 is 0 Å². The van der Waals surface area contributed by atoms with Gasteiger partial charge < -0.3 is 4.74 Å². The largest absolute Gasteiger partial charge is 0.422 e. The van der Waals surface area contributed by atoms with Crippen LogP contribution < -0.4 is 14.7 Å². The Kier molecular flexibility index (Phi) is 5.77. The molecule has 2 aliphatic rings. The summed E-state index contributed by atoms with van der Waals surface area (Å²) in [4.78, 5) is 47.3. The number of hydroxylamine groups is 1. The van der Waals surface area contributed by atoms with Crippen LogP contribution in [0.25, 0.3) is 0 Å². The lowest BCUT2D eigenvalue weighted by Crippen LogP contribution is -2.37. The smallest absolute Gasteiger partial charge is 0.361 e. The minimum absolute atomic E-state index is 0.315. The number of amides is 2. The average molecular weight is 509 g/mol. The van der Waals surface area contributed by atoms with Gasteiger partial charge in [-0.15, -0.1) is 0 Å². The number of ether oxygens (including phenoxy) is 1. The lowest BCUT2D eigenvalue weighted by Gasteiger charge is -2.29. The number of nitrogens with zero attached hydrogens (tertiary/aromatic N) is 4. The Balaban J connectivity index is 1.34. The maximum absolute atomic E-state index is 13.8. The molecule has 2 fully saturated rings. The molecule has 0 aliphatic carbocycles. The zero-order chi connectivity index (χ0) is 26.4. The zero-order valence-electron chi connectivity index (χ0n) is 20.7. The van der Waals surface area contributed by atoms with Crippen LogP contribution in [0.4, 0.5) is 11.4 Å². The van der Waals surface area contributed by atoms with Crippen molar-refractivity contribution in [2.75, 3.05) is 9.96 Å².